The first kappa shape index (κ1) is 23.2. The van der Waals surface area contributed by atoms with Gasteiger partial charge in [0.1, 0.15) is 17.8 Å². The van der Waals surface area contributed by atoms with Crippen molar-refractivity contribution in [2.24, 2.45) is 11.5 Å². The highest BCUT2D eigenvalue weighted by Gasteiger charge is 2.28. The van der Waals surface area contributed by atoms with Crippen molar-refractivity contribution in [3.63, 3.8) is 0 Å². The molecule has 1 rings (SSSR count). The van der Waals surface area contributed by atoms with Crippen LogP contribution in [0.25, 0.3) is 0 Å². The molecule has 154 valence electrons. The second-order valence-corrected chi connectivity index (χ2v) is 6.49. The third kappa shape index (κ3) is 7.84. The SMILES string of the molecule is NC(=O)CCC(NC(=O)C(Cc1ccc(O)cc1)NC(=O)C(N)CS)C(=O)O. The van der Waals surface area contributed by atoms with Gasteiger partial charge in [0.15, 0.2) is 0 Å². The van der Waals surface area contributed by atoms with E-state index in [9.17, 15) is 29.4 Å². The third-order valence-corrected chi connectivity index (χ3v) is 4.23. The maximum absolute atomic E-state index is 12.6. The normalized spacial score (nSPS) is 13.8. The van der Waals surface area contributed by atoms with Gasteiger partial charge < -0.3 is 32.3 Å². The van der Waals surface area contributed by atoms with Gasteiger partial charge in [-0.2, -0.15) is 12.6 Å². The van der Waals surface area contributed by atoms with Gasteiger partial charge in [0.05, 0.1) is 6.04 Å². The summed E-state index contributed by atoms with van der Waals surface area (Å²) in [5, 5.41) is 23.4. The summed E-state index contributed by atoms with van der Waals surface area (Å²) in [6.07, 6.45) is -0.386. The number of nitrogens with two attached hydrogens (primary N) is 2. The Morgan fingerprint density at radius 2 is 1.61 bits per heavy atom. The molecule has 0 heterocycles. The molecule has 8 N–H and O–H groups in total. The average molecular weight is 412 g/mol. The molecule has 0 saturated heterocycles. The smallest absolute Gasteiger partial charge is 0.326 e. The van der Waals surface area contributed by atoms with E-state index in [1.807, 2.05) is 0 Å². The monoisotopic (exact) mass is 412 g/mol. The van der Waals surface area contributed by atoms with Gasteiger partial charge in [0, 0.05) is 18.6 Å². The molecule has 0 fully saturated rings. The first-order valence-electron chi connectivity index (χ1n) is 8.40. The van der Waals surface area contributed by atoms with Crippen LogP contribution < -0.4 is 22.1 Å². The standard InChI is InChI=1S/C17H24N4O6S/c18-11(8-28)15(24)21-13(7-9-1-3-10(22)4-2-9)16(25)20-12(17(26)27)5-6-14(19)23/h1-4,11-13,22,28H,5-8,18H2,(H2,19,23)(H,20,25)(H,21,24)(H,26,27). The zero-order valence-corrected chi connectivity index (χ0v) is 15.9. The Bertz CT molecular complexity index is 712. The molecule has 10 nitrogen and oxygen atoms in total. The summed E-state index contributed by atoms with van der Waals surface area (Å²) in [5.41, 5.74) is 11.2. The van der Waals surface area contributed by atoms with Crippen LogP contribution in [-0.4, -0.2) is 57.8 Å². The van der Waals surface area contributed by atoms with E-state index >= 15 is 0 Å². The van der Waals surface area contributed by atoms with Crippen molar-refractivity contribution in [1.82, 2.24) is 10.6 Å². The number of nitrogens with one attached hydrogen (secondary N) is 2. The van der Waals surface area contributed by atoms with Crippen LogP contribution in [0.5, 0.6) is 5.75 Å². The number of hydrogen-bond acceptors (Lipinski definition) is 7. The van der Waals surface area contributed by atoms with E-state index in [1.54, 1.807) is 12.1 Å². The molecule has 28 heavy (non-hydrogen) atoms. The first-order valence-corrected chi connectivity index (χ1v) is 9.03. The second kappa shape index (κ2) is 11.1. The summed E-state index contributed by atoms with van der Waals surface area (Å²) in [6.45, 7) is 0. The Hall–Kier alpha value is -2.79. The number of benzene rings is 1. The highest BCUT2D eigenvalue weighted by atomic mass is 32.1. The summed E-state index contributed by atoms with van der Waals surface area (Å²) in [5.74, 6) is -3.34. The van der Waals surface area contributed by atoms with Crippen LogP contribution >= 0.6 is 12.6 Å². The molecule has 0 aliphatic rings. The molecule has 0 saturated carbocycles. The lowest BCUT2D eigenvalue weighted by molar-refractivity contribution is -0.142. The van der Waals surface area contributed by atoms with Crippen LogP contribution in [-0.2, 0) is 25.6 Å². The molecule has 0 aromatic heterocycles. The number of aromatic hydroxyl groups is 1. The summed E-state index contributed by atoms with van der Waals surface area (Å²) in [6, 6.07) is 2.51. The van der Waals surface area contributed by atoms with Gasteiger partial charge in [0.2, 0.25) is 17.7 Å². The lowest BCUT2D eigenvalue weighted by atomic mass is 10.0. The maximum atomic E-state index is 12.6. The van der Waals surface area contributed by atoms with Gasteiger partial charge in [-0.15, -0.1) is 0 Å². The lowest BCUT2D eigenvalue weighted by Gasteiger charge is -2.22. The Labute approximate surface area is 167 Å². The van der Waals surface area contributed by atoms with Gasteiger partial charge in [0.25, 0.3) is 0 Å². The number of phenols is 1. The van der Waals surface area contributed by atoms with E-state index in [0.717, 1.165) is 0 Å². The van der Waals surface area contributed by atoms with Crippen molar-refractivity contribution in [3.8, 4) is 5.75 Å². The van der Waals surface area contributed by atoms with E-state index in [4.69, 9.17) is 11.5 Å². The number of carboxylic acids is 1. The summed E-state index contributed by atoms with van der Waals surface area (Å²) in [4.78, 5) is 46.9. The van der Waals surface area contributed by atoms with Crippen LogP contribution in [0, 0.1) is 0 Å². The van der Waals surface area contributed by atoms with Gasteiger partial charge in [-0.05, 0) is 24.1 Å². The minimum atomic E-state index is -1.35. The van der Waals surface area contributed by atoms with Crippen LogP contribution in [0.15, 0.2) is 24.3 Å². The lowest BCUT2D eigenvalue weighted by Crippen LogP contribution is -2.55. The van der Waals surface area contributed by atoms with Crippen molar-refractivity contribution < 1.29 is 29.4 Å². The number of hydrogen-bond donors (Lipinski definition) is 7. The number of carboxylic acid groups (broad SMARTS) is 1. The topological polar surface area (TPSA) is 185 Å². The molecule has 1 aromatic rings. The fourth-order valence-electron chi connectivity index (χ4n) is 2.25. The second-order valence-electron chi connectivity index (χ2n) is 6.13. The van der Waals surface area contributed by atoms with Crippen LogP contribution in [0.4, 0.5) is 0 Å². The maximum Gasteiger partial charge on any atom is 0.326 e. The fourth-order valence-corrected chi connectivity index (χ4v) is 2.42. The van der Waals surface area contributed by atoms with Crippen molar-refractivity contribution >= 4 is 36.3 Å². The van der Waals surface area contributed by atoms with E-state index in [0.29, 0.717) is 5.56 Å². The summed E-state index contributed by atoms with van der Waals surface area (Å²) in [7, 11) is 0. The predicted octanol–water partition coefficient (Wildman–Crippen LogP) is -1.49. The molecule has 0 radical (unpaired) electrons. The molecule has 3 unspecified atom stereocenters. The number of carbonyl (C=O) groups excluding carboxylic acids is 3. The predicted molar refractivity (Wildman–Crippen MR) is 104 cm³/mol. The number of aliphatic carboxylic acids is 1. The van der Waals surface area contributed by atoms with Gasteiger partial charge in [-0.25, -0.2) is 4.79 Å². The summed E-state index contributed by atoms with van der Waals surface area (Å²) < 4.78 is 0. The third-order valence-electron chi connectivity index (χ3n) is 3.84. The van der Waals surface area contributed by atoms with E-state index in [1.165, 1.54) is 12.1 Å². The van der Waals surface area contributed by atoms with Crippen molar-refractivity contribution in [3.05, 3.63) is 29.8 Å². The van der Waals surface area contributed by atoms with Crippen LogP contribution in [0.2, 0.25) is 0 Å². The molecule has 0 bridgehead atoms. The largest absolute Gasteiger partial charge is 0.508 e. The first-order chi connectivity index (χ1) is 13.1. The number of thiol groups is 1. The molecule has 3 atom stereocenters. The molecular formula is C17H24N4O6S. The summed E-state index contributed by atoms with van der Waals surface area (Å²) >= 11 is 3.93. The number of primary amides is 1. The molecule has 3 amide bonds. The highest BCUT2D eigenvalue weighted by Crippen LogP contribution is 2.12. The van der Waals surface area contributed by atoms with Crippen molar-refractivity contribution in [1.29, 1.82) is 0 Å². The van der Waals surface area contributed by atoms with E-state index in [-0.39, 0.29) is 30.8 Å². The Kier molecular flexibility index (Phi) is 9.25. The van der Waals surface area contributed by atoms with Gasteiger partial charge in [-0.1, -0.05) is 12.1 Å². The Morgan fingerprint density at radius 3 is 2.11 bits per heavy atom. The fraction of sp³-hybridized carbons (Fsp3) is 0.412. The number of phenolic OH excluding ortho intramolecular Hbond substituents is 1. The molecule has 0 aliphatic heterocycles. The molecule has 11 heteroatoms. The average Bonchev–Trinajstić information content (AvgIpc) is 2.64. The van der Waals surface area contributed by atoms with Crippen LogP contribution in [0.3, 0.4) is 0 Å². The minimum Gasteiger partial charge on any atom is -0.508 e. The molecule has 0 aliphatic carbocycles. The van der Waals surface area contributed by atoms with Crippen LogP contribution in [0.1, 0.15) is 18.4 Å². The molecule has 0 spiro atoms. The Balaban J connectivity index is 2.95. The highest BCUT2D eigenvalue weighted by molar-refractivity contribution is 7.80. The zero-order valence-electron chi connectivity index (χ0n) is 15.0. The van der Waals surface area contributed by atoms with Crippen molar-refractivity contribution in [2.45, 2.75) is 37.4 Å². The quantitative estimate of drug-likeness (QED) is 0.216. The molecule has 1 aromatic carbocycles. The van der Waals surface area contributed by atoms with E-state index < -0.39 is 41.8 Å². The van der Waals surface area contributed by atoms with Gasteiger partial charge >= 0.3 is 5.97 Å². The number of carbonyl (C=O) groups is 4. The van der Waals surface area contributed by atoms with Crippen molar-refractivity contribution in [2.75, 3.05) is 5.75 Å². The minimum absolute atomic E-state index is 0.0271. The van der Waals surface area contributed by atoms with Gasteiger partial charge in [-0.3, -0.25) is 14.4 Å². The van der Waals surface area contributed by atoms with E-state index in [2.05, 4.69) is 23.3 Å². The molecular weight excluding hydrogens is 388 g/mol. The number of amides is 3. The zero-order chi connectivity index (χ0) is 21.3. The number of rotatable bonds is 11. The Morgan fingerprint density at radius 1 is 1.04 bits per heavy atom.